The number of nitrogens with two attached hydrogens (primary N) is 1. The van der Waals surface area contributed by atoms with Crippen molar-refractivity contribution >= 4 is 22.5 Å². The molecule has 3 aromatic heterocycles. The Kier molecular flexibility index (Phi) is 6.42. The van der Waals surface area contributed by atoms with E-state index in [9.17, 15) is 0 Å². The summed E-state index contributed by atoms with van der Waals surface area (Å²) in [5.41, 5.74) is 13.6. The molecule has 4 N–H and O–H groups in total. The second-order valence-corrected chi connectivity index (χ2v) is 7.95. The molecule has 0 spiro atoms. The topological polar surface area (TPSA) is 82.9 Å². The average Bonchev–Trinajstić information content (AvgIpc) is 3.16. The highest BCUT2D eigenvalue weighted by molar-refractivity contribution is 5.93. The highest BCUT2D eigenvalue weighted by atomic mass is 15.2. The number of nitrogens with one attached hydrogen (secondary N) is 2. The van der Waals surface area contributed by atoms with Crippen LogP contribution in [0.4, 0.5) is 11.6 Å². The molecule has 1 aliphatic rings. The van der Waals surface area contributed by atoms with Gasteiger partial charge in [0.25, 0.3) is 0 Å². The van der Waals surface area contributed by atoms with E-state index in [1.165, 1.54) is 10.9 Å². The molecule has 1 fully saturated rings. The zero-order chi connectivity index (χ0) is 22.7. The van der Waals surface area contributed by atoms with Gasteiger partial charge in [-0.2, -0.15) is 0 Å². The molecule has 0 unspecified atom stereocenters. The van der Waals surface area contributed by atoms with Gasteiger partial charge in [0.05, 0.1) is 0 Å². The van der Waals surface area contributed by atoms with E-state index >= 15 is 0 Å². The van der Waals surface area contributed by atoms with Gasteiger partial charge in [-0.05, 0) is 55.3 Å². The van der Waals surface area contributed by atoms with Crippen LogP contribution in [0, 0.1) is 13.8 Å². The molecular weight excluding hydrogens is 396 g/mol. The lowest BCUT2D eigenvalue weighted by Gasteiger charge is -2.28. The molecule has 1 aliphatic heterocycles. The van der Waals surface area contributed by atoms with Crippen molar-refractivity contribution in [1.29, 1.82) is 0 Å². The lowest BCUT2D eigenvalue weighted by molar-refractivity contribution is 0.585. The van der Waals surface area contributed by atoms with Crippen LogP contribution < -0.4 is 16.0 Å². The first-order valence-corrected chi connectivity index (χ1v) is 11.4. The number of aromatic amines is 1. The first-order chi connectivity index (χ1) is 15.6. The number of aromatic nitrogens is 3. The molecule has 6 heteroatoms. The van der Waals surface area contributed by atoms with Crippen LogP contribution >= 0.6 is 0 Å². The number of H-pyrrole nitrogens is 1. The highest BCUT2D eigenvalue weighted by Gasteiger charge is 2.14. The number of fused-ring (bicyclic) bond motifs is 1. The average molecular weight is 429 g/mol. The van der Waals surface area contributed by atoms with Crippen LogP contribution in [-0.4, -0.2) is 41.1 Å². The summed E-state index contributed by atoms with van der Waals surface area (Å²) in [6.07, 6.45) is 1.97. The summed E-state index contributed by atoms with van der Waals surface area (Å²) >= 11 is 0. The zero-order valence-electron chi connectivity index (χ0n) is 19.4. The normalized spacial score (nSPS) is 13.7. The van der Waals surface area contributed by atoms with E-state index in [-0.39, 0.29) is 0 Å². The number of pyridine rings is 2. The third kappa shape index (κ3) is 4.32. The fourth-order valence-corrected chi connectivity index (χ4v) is 4.28. The first kappa shape index (κ1) is 21.8. The van der Waals surface area contributed by atoms with Gasteiger partial charge in [0.1, 0.15) is 11.6 Å². The molecular formula is C26H32N6. The molecule has 166 valence electrons. The Hall–Kier alpha value is -3.38. The predicted octanol–water partition coefficient (Wildman–Crippen LogP) is 4.93. The lowest BCUT2D eigenvalue weighted by atomic mass is 10.0. The van der Waals surface area contributed by atoms with Gasteiger partial charge in [-0.25, -0.2) is 9.97 Å². The molecule has 1 aromatic carbocycles. The number of nitrogens with zero attached hydrogens (tertiary/aromatic N) is 3. The molecule has 0 amide bonds. The van der Waals surface area contributed by atoms with E-state index in [4.69, 9.17) is 10.7 Å². The van der Waals surface area contributed by atoms with Gasteiger partial charge in [0.15, 0.2) is 0 Å². The van der Waals surface area contributed by atoms with Crippen molar-refractivity contribution in [1.82, 2.24) is 20.3 Å². The maximum absolute atomic E-state index is 5.97. The van der Waals surface area contributed by atoms with Crippen molar-refractivity contribution in [3.8, 4) is 22.4 Å². The third-order valence-corrected chi connectivity index (χ3v) is 5.84. The standard InChI is InChI=1S/C24H26N6.C2H6/c1-15-11-19(13-22(25)28-15)24-16(2)20-5-3-17(12-21(20)29-24)18-4-6-23(27-14-18)30-9-7-26-8-10-30;1-2/h3-6,11-14,26,29H,7-10H2,1-2H3,(H2,25,28);1-2H3. The summed E-state index contributed by atoms with van der Waals surface area (Å²) < 4.78 is 0. The van der Waals surface area contributed by atoms with Crippen LogP contribution in [0.2, 0.25) is 0 Å². The quantitative estimate of drug-likeness (QED) is 0.431. The number of hydrogen-bond donors (Lipinski definition) is 3. The van der Waals surface area contributed by atoms with E-state index in [0.29, 0.717) is 5.82 Å². The Morgan fingerprint density at radius 3 is 2.34 bits per heavy atom. The van der Waals surface area contributed by atoms with Gasteiger partial charge in [-0.15, -0.1) is 0 Å². The van der Waals surface area contributed by atoms with Crippen LogP contribution in [0.25, 0.3) is 33.3 Å². The van der Waals surface area contributed by atoms with Crippen LogP contribution in [0.15, 0.2) is 48.7 Å². The molecule has 0 radical (unpaired) electrons. The van der Waals surface area contributed by atoms with Gasteiger partial charge in [-0.1, -0.05) is 26.0 Å². The molecule has 4 aromatic rings. The number of rotatable bonds is 3. The number of piperazine rings is 1. The third-order valence-electron chi connectivity index (χ3n) is 5.84. The van der Waals surface area contributed by atoms with Crippen molar-refractivity contribution in [2.75, 3.05) is 36.8 Å². The van der Waals surface area contributed by atoms with Gasteiger partial charge < -0.3 is 20.9 Å². The van der Waals surface area contributed by atoms with Crippen molar-refractivity contribution in [3.05, 3.63) is 59.9 Å². The summed E-state index contributed by atoms with van der Waals surface area (Å²) in [5, 5.41) is 4.59. The Morgan fingerprint density at radius 1 is 0.906 bits per heavy atom. The second-order valence-electron chi connectivity index (χ2n) is 7.95. The van der Waals surface area contributed by atoms with Gasteiger partial charge in [-0.3, -0.25) is 0 Å². The Labute approximate surface area is 189 Å². The molecule has 0 bridgehead atoms. The predicted molar refractivity (Wildman–Crippen MR) is 135 cm³/mol. The van der Waals surface area contributed by atoms with E-state index in [1.54, 1.807) is 0 Å². The van der Waals surface area contributed by atoms with Gasteiger partial charge in [0, 0.05) is 65.8 Å². The van der Waals surface area contributed by atoms with Crippen molar-refractivity contribution in [2.45, 2.75) is 27.7 Å². The fourth-order valence-electron chi connectivity index (χ4n) is 4.28. The summed E-state index contributed by atoms with van der Waals surface area (Å²) in [5.74, 6) is 1.59. The lowest BCUT2D eigenvalue weighted by Crippen LogP contribution is -2.43. The van der Waals surface area contributed by atoms with E-state index in [2.05, 4.69) is 63.5 Å². The Morgan fingerprint density at radius 2 is 1.66 bits per heavy atom. The van der Waals surface area contributed by atoms with Crippen LogP contribution in [0.1, 0.15) is 25.1 Å². The van der Waals surface area contributed by atoms with E-state index < -0.39 is 0 Å². The molecule has 4 heterocycles. The van der Waals surface area contributed by atoms with Gasteiger partial charge in [0.2, 0.25) is 0 Å². The Balaban J connectivity index is 0.00000119. The number of nitrogen functional groups attached to an aromatic ring is 1. The van der Waals surface area contributed by atoms with Crippen molar-refractivity contribution < 1.29 is 0 Å². The summed E-state index contributed by atoms with van der Waals surface area (Å²) in [7, 11) is 0. The maximum Gasteiger partial charge on any atom is 0.128 e. The zero-order valence-corrected chi connectivity index (χ0v) is 19.4. The maximum atomic E-state index is 5.97. The minimum atomic E-state index is 0.541. The highest BCUT2D eigenvalue weighted by Crippen LogP contribution is 2.33. The SMILES string of the molecule is CC.Cc1cc(-c2[nH]c3cc(-c4ccc(N5CCNCC5)nc4)ccc3c2C)cc(N)n1. The molecule has 0 aliphatic carbocycles. The van der Waals surface area contributed by atoms with E-state index in [1.807, 2.05) is 33.0 Å². The van der Waals surface area contributed by atoms with E-state index in [0.717, 1.165) is 65.6 Å². The second kappa shape index (κ2) is 9.40. The number of aryl methyl sites for hydroxylation is 2. The minimum Gasteiger partial charge on any atom is -0.384 e. The van der Waals surface area contributed by atoms with Crippen LogP contribution in [-0.2, 0) is 0 Å². The number of anilines is 2. The molecule has 32 heavy (non-hydrogen) atoms. The summed E-state index contributed by atoms with van der Waals surface area (Å²) in [4.78, 5) is 14.9. The van der Waals surface area contributed by atoms with Crippen LogP contribution in [0.3, 0.4) is 0 Å². The molecule has 0 saturated carbocycles. The number of hydrogen-bond acceptors (Lipinski definition) is 5. The molecule has 1 saturated heterocycles. The molecule has 0 atom stereocenters. The molecule has 6 nitrogen and oxygen atoms in total. The largest absolute Gasteiger partial charge is 0.384 e. The molecule has 5 rings (SSSR count). The van der Waals surface area contributed by atoms with Crippen molar-refractivity contribution in [3.63, 3.8) is 0 Å². The monoisotopic (exact) mass is 428 g/mol. The van der Waals surface area contributed by atoms with Crippen LogP contribution in [0.5, 0.6) is 0 Å². The van der Waals surface area contributed by atoms with Gasteiger partial charge >= 0.3 is 0 Å². The van der Waals surface area contributed by atoms with Crippen molar-refractivity contribution in [2.24, 2.45) is 0 Å². The smallest absolute Gasteiger partial charge is 0.128 e. The summed E-state index contributed by atoms with van der Waals surface area (Å²) in [6, 6.07) is 14.8. The number of benzene rings is 1. The first-order valence-electron chi connectivity index (χ1n) is 11.4. The summed E-state index contributed by atoms with van der Waals surface area (Å²) in [6.45, 7) is 12.1. The fraction of sp³-hybridized carbons (Fsp3) is 0.308. The minimum absolute atomic E-state index is 0.541. The Bertz CT molecular complexity index is 1180.